The van der Waals surface area contributed by atoms with E-state index in [1.54, 1.807) is 0 Å². The SMILES string of the molecule is O=C(O)O.[Ac]. The number of carboxylic acid groups (broad SMARTS) is 2. The number of hydrogen-bond donors (Lipinski definition) is 2. The summed E-state index contributed by atoms with van der Waals surface area (Å²) in [6.45, 7) is 0. The summed E-state index contributed by atoms with van der Waals surface area (Å²) < 4.78 is 0. The van der Waals surface area contributed by atoms with E-state index in [2.05, 4.69) is 0 Å². The second-order valence-corrected chi connectivity index (χ2v) is 0.283. The fourth-order valence-electron chi connectivity index (χ4n) is 0. The average molecular weight is 289 g/mol. The Kier molecular flexibility index (Phi) is 8.67. The van der Waals surface area contributed by atoms with E-state index in [-0.39, 0.29) is 44.1 Å². The molecular weight excluding hydrogens is 287 g/mol. The molecule has 0 atom stereocenters. The number of hydrogen-bond acceptors (Lipinski definition) is 1. The largest absolute Gasteiger partial charge is 0.503 e. The van der Waals surface area contributed by atoms with Crippen LogP contribution in [0, 0.1) is 44.1 Å². The molecule has 0 aromatic heterocycles. The Hall–Kier alpha value is 0.712. The van der Waals surface area contributed by atoms with Gasteiger partial charge in [-0.2, -0.15) is 0 Å². The molecule has 0 aliphatic carbocycles. The van der Waals surface area contributed by atoms with Gasteiger partial charge < -0.3 is 10.2 Å². The summed E-state index contributed by atoms with van der Waals surface area (Å²) in [5.41, 5.74) is 0. The number of rotatable bonds is 0. The van der Waals surface area contributed by atoms with Gasteiger partial charge in [-0.25, -0.2) is 4.79 Å². The zero-order valence-electron chi connectivity index (χ0n) is 2.38. The third-order valence-corrected chi connectivity index (χ3v) is 0. The van der Waals surface area contributed by atoms with Gasteiger partial charge in [0.1, 0.15) is 0 Å². The molecule has 5 heavy (non-hydrogen) atoms. The molecule has 0 saturated carbocycles. The summed E-state index contributed by atoms with van der Waals surface area (Å²) in [4.78, 5) is 8.56. The second kappa shape index (κ2) is 4.71. The predicted molar refractivity (Wildman–Crippen MR) is 10.7 cm³/mol. The minimum absolute atomic E-state index is 0. The van der Waals surface area contributed by atoms with Crippen molar-refractivity contribution in [2.45, 2.75) is 0 Å². The van der Waals surface area contributed by atoms with Gasteiger partial charge in [0.25, 0.3) is 0 Å². The summed E-state index contributed by atoms with van der Waals surface area (Å²) in [6, 6.07) is 0. The van der Waals surface area contributed by atoms with Crippen molar-refractivity contribution >= 4 is 6.16 Å². The molecule has 0 aliphatic heterocycles. The molecule has 0 amide bonds. The van der Waals surface area contributed by atoms with Crippen LogP contribution in [0.3, 0.4) is 0 Å². The summed E-state index contributed by atoms with van der Waals surface area (Å²) in [7, 11) is 0. The molecule has 0 fully saturated rings. The van der Waals surface area contributed by atoms with Crippen molar-refractivity contribution < 1.29 is 59.1 Å². The maximum absolute atomic E-state index is 8.56. The molecule has 27 valence electrons. The zero-order valence-corrected chi connectivity index (χ0v) is 7.13. The molecule has 3 nitrogen and oxygen atoms in total. The summed E-state index contributed by atoms with van der Waals surface area (Å²) >= 11 is 0. The van der Waals surface area contributed by atoms with E-state index in [9.17, 15) is 0 Å². The van der Waals surface area contributed by atoms with Gasteiger partial charge in [0, 0.05) is 44.1 Å². The maximum atomic E-state index is 8.56. The average Bonchev–Trinajstić information content (AvgIpc) is 0.811. The first kappa shape index (κ1) is 9.20. The first-order valence-electron chi connectivity index (χ1n) is 0.651. The molecule has 0 saturated heterocycles. The van der Waals surface area contributed by atoms with Crippen molar-refractivity contribution in [1.82, 2.24) is 0 Å². The van der Waals surface area contributed by atoms with Crippen molar-refractivity contribution in [3.63, 3.8) is 0 Å². The van der Waals surface area contributed by atoms with Crippen molar-refractivity contribution in [1.29, 1.82) is 0 Å². The summed E-state index contributed by atoms with van der Waals surface area (Å²) in [5, 5.41) is 13.9. The molecule has 4 heteroatoms. The van der Waals surface area contributed by atoms with Crippen LogP contribution < -0.4 is 0 Å². The van der Waals surface area contributed by atoms with Crippen LogP contribution in [0.5, 0.6) is 0 Å². The van der Waals surface area contributed by atoms with Crippen LogP contribution in [0.1, 0.15) is 0 Å². The molecule has 0 unspecified atom stereocenters. The van der Waals surface area contributed by atoms with E-state index in [0.29, 0.717) is 0 Å². The summed E-state index contributed by atoms with van der Waals surface area (Å²) in [5.74, 6) is 0. The van der Waals surface area contributed by atoms with Crippen molar-refractivity contribution in [3.8, 4) is 0 Å². The molecule has 0 bridgehead atoms. The van der Waals surface area contributed by atoms with E-state index < -0.39 is 6.16 Å². The second-order valence-electron chi connectivity index (χ2n) is 0.283. The summed E-state index contributed by atoms with van der Waals surface area (Å²) in [6.07, 6.45) is -1.83. The first-order valence-corrected chi connectivity index (χ1v) is 0.651. The zero-order chi connectivity index (χ0) is 3.58. The topological polar surface area (TPSA) is 57.5 Å². The number of carbonyl (C=O) groups is 1. The van der Waals surface area contributed by atoms with E-state index in [0.717, 1.165) is 0 Å². The van der Waals surface area contributed by atoms with Gasteiger partial charge in [-0.15, -0.1) is 0 Å². The van der Waals surface area contributed by atoms with Gasteiger partial charge >= 0.3 is 6.16 Å². The normalized spacial score (nSPS) is 4.80. The van der Waals surface area contributed by atoms with Crippen molar-refractivity contribution in [3.05, 3.63) is 0 Å². The van der Waals surface area contributed by atoms with Gasteiger partial charge in [-0.1, -0.05) is 0 Å². The molecule has 0 aliphatic rings. The molecule has 0 rings (SSSR count). The van der Waals surface area contributed by atoms with E-state index in [1.165, 1.54) is 0 Å². The molecule has 0 aromatic carbocycles. The Labute approximate surface area is 64.5 Å². The van der Waals surface area contributed by atoms with Gasteiger partial charge in [0.15, 0.2) is 0 Å². The van der Waals surface area contributed by atoms with Crippen LogP contribution in [0.4, 0.5) is 4.79 Å². The van der Waals surface area contributed by atoms with Crippen molar-refractivity contribution in [2.24, 2.45) is 0 Å². The fraction of sp³-hybridized carbons (Fsp3) is 0. The quantitative estimate of drug-likeness (QED) is 0.671. The first-order chi connectivity index (χ1) is 1.73. The van der Waals surface area contributed by atoms with E-state index >= 15 is 0 Å². The maximum Gasteiger partial charge on any atom is 0.503 e. The van der Waals surface area contributed by atoms with E-state index in [1.807, 2.05) is 0 Å². The minimum atomic E-state index is -1.83. The Balaban J connectivity index is 0. The Morgan fingerprint density at radius 1 is 1.40 bits per heavy atom. The molecular formula is CH2AcO3. The van der Waals surface area contributed by atoms with Gasteiger partial charge in [-0.3, -0.25) is 0 Å². The van der Waals surface area contributed by atoms with Crippen molar-refractivity contribution in [2.75, 3.05) is 0 Å². The van der Waals surface area contributed by atoms with Crippen LogP contribution in [-0.2, 0) is 0 Å². The molecule has 0 heterocycles. The molecule has 2 N–H and O–H groups in total. The molecule has 0 spiro atoms. The van der Waals surface area contributed by atoms with Crippen LogP contribution in [0.2, 0.25) is 0 Å². The van der Waals surface area contributed by atoms with Crippen LogP contribution >= 0.6 is 0 Å². The van der Waals surface area contributed by atoms with Gasteiger partial charge in [0.05, 0.1) is 0 Å². The standard InChI is InChI=1S/CH2O3.Ac/c2-1(3)4;/h(H2,2,3,4);. The fourth-order valence-corrected chi connectivity index (χ4v) is 0. The Bertz CT molecular complexity index is 29.9. The smallest absolute Gasteiger partial charge is 0.450 e. The van der Waals surface area contributed by atoms with Crippen LogP contribution in [0.15, 0.2) is 0 Å². The predicted octanol–water partition coefficient (Wildman–Crippen LogP) is 0.222. The van der Waals surface area contributed by atoms with E-state index in [4.69, 9.17) is 15.0 Å². The van der Waals surface area contributed by atoms with Crippen LogP contribution in [0.25, 0.3) is 0 Å². The molecule has 0 aromatic rings. The minimum Gasteiger partial charge on any atom is -0.450 e. The van der Waals surface area contributed by atoms with Crippen LogP contribution in [-0.4, -0.2) is 16.4 Å². The Morgan fingerprint density at radius 2 is 1.40 bits per heavy atom. The van der Waals surface area contributed by atoms with Gasteiger partial charge in [0.2, 0.25) is 0 Å². The van der Waals surface area contributed by atoms with Gasteiger partial charge in [-0.05, 0) is 0 Å². The third kappa shape index (κ3) is 68.4. The Morgan fingerprint density at radius 3 is 1.40 bits per heavy atom. The third-order valence-electron chi connectivity index (χ3n) is 0. The molecule has 1 radical (unpaired) electrons. The monoisotopic (exact) mass is 289 g/mol.